The van der Waals surface area contributed by atoms with E-state index in [9.17, 15) is 41.9 Å². The SMILES string of the molecule is O=C1CCC(N2C(=O)c3cccc(NC(=O)CCN4CCN(CCCCCN5CCC(CNC(=O)c6cccc(-c7noc(C(F)(F)F)n7)c6)(c6nc(-c7ccccc7)cs6)CC5)CC4)c3C2=O)C(=O)N1. The second-order valence-electron chi connectivity index (χ2n) is 18.4. The smallest absolute Gasteiger partial charge is 0.351 e. The molecule has 3 aromatic carbocycles. The molecule has 2 aromatic heterocycles. The van der Waals surface area contributed by atoms with Gasteiger partial charge in [-0.3, -0.25) is 39.0 Å². The number of alkyl halides is 3. The van der Waals surface area contributed by atoms with E-state index in [0.29, 0.717) is 13.1 Å². The van der Waals surface area contributed by atoms with Crippen LogP contribution in [0.1, 0.15) is 93.3 Å². The number of piperidine rings is 2. The Balaban J connectivity index is 0.707. The molecule has 3 fully saturated rings. The van der Waals surface area contributed by atoms with Crippen LogP contribution in [-0.2, 0) is 26.0 Å². The molecule has 17 nitrogen and oxygen atoms in total. The van der Waals surface area contributed by atoms with Crippen LogP contribution >= 0.6 is 11.3 Å². The highest BCUT2D eigenvalue weighted by Gasteiger charge is 2.46. The molecule has 0 bridgehead atoms. The van der Waals surface area contributed by atoms with Gasteiger partial charge in [0.2, 0.25) is 23.5 Å². The van der Waals surface area contributed by atoms with E-state index in [1.165, 1.54) is 18.2 Å². The van der Waals surface area contributed by atoms with Gasteiger partial charge in [-0.15, -0.1) is 11.3 Å². The number of nitrogens with zero attached hydrogens (tertiary/aromatic N) is 7. The summed E-state index contributed by atoms with van der Waals surface area (Å²) >= 11 is 1.59. The van der Waals surface area contributed by atoms with Crippen molar-refractivity contribution in [2.24, 2.45) is 0 Å². The van der Waals surface area contributed by atoms with Gasteiger partial charge in [-0.25, -0.2) is 4.98 Å². The molecule has 0 spiro atoms. The number of benzene rings is 3. The highest BCUT2D eigenvalue weighted by molar-refractivity contribution is 7.10. The van der Waals surface area contributed by atoms with Crippen LogP contribution in [0.2, 0.25) is 0 Å². The lowest BCUT2D eigenvalue weighted by molar-refractivity contribution is -0.159. The van der Waals surface area contributed by atoms with E-state index in [1.54, 1.807) is 35.6 Å². The first-order chi connectivity index (χ1) is 34.2. The molecule has 1 unspecified atom stereocenters. The molecule has 9 rings (SSSR count). The second kappa shape index (κ2) is 21.4. The number of hydrogen-bond acceptors (Lipinski definition) is 14. The molecule has 5 aromatic rings. The van der Waals surface area contributed by atoms with Gasteiger partial charge in [-0.05, 0) is 82.5 Å². The van der Waals surface area contributed by atoms with E-state index >= 15 is 0 Å². The number of rotatable bonds is 17. The van der Waals surface area contributed by atoms with Crippen LogP contribution in [0.25, 0.3) is 22.6 Å². The number of unbranched alkanes of at least 4 members (excludes halogenated alkanes) is 2. The van der Waals surface area contributed by atoms with Crippen molar-refractivity contribution in [3.05, 3.63) is 106 Å². The van der Waals surface area contributed by atoms with Gasteiger partial charge >= 0.3 is 12.1 Å². The molecular weight excluding hydrogens is 942 g/mol. The average Bonchev–Trinajstić information content (AvgIpc) is 4.14. The summed E-state index contributed by atoms with van der Waals surface area (Å²) in [7, 11) is 0. The maximum atomic E-state index is 13.6. The first kappa shape index (κ1) is 49.3. The summed E-state index contributed by atoms with van der Waals surface area (Å²) in [4.78, 5) is 94.1. The fourth-order valence-corrected chi connectivity index (χ4v) is 10.8. The van der Waals surface area contributed by atoms with Gasteiger partial charge in [0.1, 0.15) is 11.0 Å². The molecule has 6 amide bonds. The van der Waals surface area contributed by atoms with Crippen molar-refractivity contribution in [3.63, 3.8) is 0 Å². The number of thiazole rings is 1. The summed E-state index contributed by atoms with van der Waals surface area (Å²) in [5.74, 6) is -4.81. The number of fused-ring (bicyclic) bond motifs is 1. The predicted molar refractivity (Wildman–Crippen MR) is 255 cm³/mol. The number of aromatic nitrogens is 3. The summed E-state index contributed by atoms with van der Waals surface area (Å²) < 4.78 is 43.8. The zero-order valence-electron chi connectivity index (χ0n) is 38.8. The zero-order valence-corrected chi connectivity index (χ0v) is 39.7. The van der Waals surface area contributed by atoms with E-state index in [-0.39, 0.29) is 64.8 Å². The van der Waals surface area contributed by atoms with Crippen molar-refractivity contribution in [1.82, 2.24) is 45.4 Å². The summed E-state index contributed by atoms with van der Waals surface area (Å²) in [5.41, 5.74) is 2.34. The zero-order chi connectivity index (χ0) is 49.7. The van der Waals surface area contributed by atoms with Crippen molar-refractivity contribution in [1.29, 1.82) is 0 Å². The molecule has 3 saturated heterocycles. The minimum absolute atomic E-state index is 0.0174. The van der Waals surface area contributed by atoms with Gasteiger partial charge in [0.25, 0.3) is 17.7 Å². The lowest BCUT2D eigenvalue weighted by Crippen LogP contribution is -2.54. The van der Waals surface area contributed by atoms with Crippen LogP contribution in [0.4, 0.5) is 18.9 Å². The Morgan fingerprint density at radius 1 is 0.803 bits per heavy atom. The molecule has 372 valence electrons. The minimum atomic E-state index is -4.78. The number of carbonyl (C=O) groups is 6. The number of carbonyl (C=O) groups excluding carboxylic acids is 6. The number of piperazine rings is 1. The molecule has 71 heavy (non-hydrogen) atoms. The van der Waals surface area contributed by atoms with Crippen LogP contribution in [0.5, 0.6) is 0 Å². The molecule has 6 heterocycles. The van der Waals surface area contributed by atoms with Crippen LogP contribution in [0.15, 0.2) is 82.7 Å². The quantitative estimate of drug-likeness (QED) is 0.0739. The van der Waals surface area contributed by atoms with Crippen LogP contribution in [-0.4, -0.2) is 142 Å². The van der Waals surface area contributed by atoms with Crippen molar-refractivity contribution < 1.29 is 46.5 Å². The molecular formula is C50H53F3N10O7S. The van der Waals surface area contributed by atoms with E-state index in [0.717, 1.165) is 106 Å². The van der Waals surface area contributed by atoms with Gasteiger partial charge < -0.3 is 29.9 Å². The van der Waals surface area contributed by atoms with Gasteiger partial charge in [0, 0.05) is 79.6 Å². The van der Waals surface area contributed by atoms with Gasteiger partial charge in [0.15, 0.2) is 0 Å². The Morgan fingerprint density at radius 2 is 1.49 bits per heavy atom. The monoisotopic (exact) mass is 994 g/mol. The topological polar surface area (TPSA) is 203 Å². The Labute approximate surface area is 411 Å². The van der Waals surface area contributed by atoms with E-state index in [2.05, 4.69) is 50.7 Å². The summed E-state index contributed by atoms with van der Waals surface area (Å²) in [5, 5.41) is 14.6. The van der Waals surface area contributed by atoms with Crippen molar-refractivity contribution in [2.45, 2.75) is 69.0 Å². The molecule has 21 heteroatoms. The van der Waals surface area contributed by atoms with Crippen molar-refractivity contribution >= 4 is 52.5 Å². The molecule has 1 atom stereocenters. The maximum Gasteiger partial charge on any atom is 0.471 e. The normalized spacial score (nSPS) is 18.9. The largest absolute Gasteiger partial charge is 0.471 e. The van der Waals surface area contributed by atoms with Crippen molar-refractivity contribution in [3.8, 4) is 22.6 Å². The van der Waals surface area contributed by atoms with E-state index in [1.807, 2.05) is 30.3 Å². The Kier molecular flexibility index (Phi) is 14.8. The predicted octanol–water partition coefficient (Wildman–Crippen LogP) is 5.86. The first-order valence-electron chi connectivity index (χ1n) is 23.9. The molecule has 0 radical (unpaired) electrons. The number of likely N-dealkylation sites (tertiary alicyclic amines) is 1. The lowest BCUT2D eigenvalue weighted by Gasteiger charge is -2.41. The number of halogens is 3. The number of nitrogens with one attached hydrogen (secondary N) is 3. The maximum absolute atomic E-state index is 13.6. The molecule has 3 N–H and O–H groups in total. The Hall–Kier alpha value is -6.68. The van der Waals surface area contributed by atoms with E-state index < -0.39 is 47.2 Å². The van der Waals surface area contributed by atoms with Gasteiger partial charge in [-0.2, -0.15) is 18.2 Å². The summed E-state index contributed by atoms with van der Waals surface area (Å²) in [6, 6.07) is 19.7. The van der Waals surface area contributed by atoms with Gasteiger partial charge in [-0.1, -0.05) is 60.1 Å². The number of hydrogen-bond donors (Lipinski definition) is 3. The standard InChI is InChI=1S/C50H53F3N10O7S/c51-50(52,53)47-58-42(59-70-47)33-11-7-12-34(29-33)43(66)54-31-49(48-56-37(30-71-48)32-9-3-1-4-10-32)18-23-60(24-19-49)20-5-2-6-21-61-25-27-62(28-26-61)22-17-40(65)55-36-14-8-13-35-41(36)46(69)63(45(35)68)38-15-16-39(64)57-44(38)67/h1,3-4,7-14,29-30,38H,2,5-6,15-28,31H2,(H,54,66)(H,55,65)(H,57,64,67). The summed E-state index contributed by atoms with van der Waals surface area (Å²) in [6.07, 6.45) is 0.235. The minimum Gasteiger partial charge on any atom is -0.351 e. The summed E-state index contributed by atoms with van der Waals surface area (Å²) in [6.45, 7) is 7.91. The van der Waals surface area contributed by atoms with E-state index in [4.69, 9.17) is 4.98 Å². The second-order valence-corrected chi connectivity index (χ2v) is 19.3. The third-order valence-electron chi connectivity index (χ3n) is 13.8. The van der Waals surface area contributed by atoms with Crippen LogP contribution in [0.3, 0.4) is 0 Å². The molecule has 0 saturated carbocycles. The third kappa shape index (κ3) is 11.3. The highest BCUT2D eigenvalue weighted by atomic mass is 32.1. The molecule has 4 aliphatic rings. The van der Waals surface area contributed by atoms with Crippen molar-refractivity contribution in [2.75, 3.05) is 70.8 Å². The molecule has 0 aliphatic carbocycles. The van der Waals surface area contributed by atoms with Crippen LogP contribution in [0, 0.1) is 0 Å². The van der Waals surface area contributed by atoms with Crippen LogP contribution < -0.4 is 16.0 Å². The van der Waals surface area contributed by atoms with Gasteiger partial charge in [0.05, 0.1) is 22.5 Å². The first-order valence-corrected chi connectivity index (χ1v) is 24.8. The Bertz CT molecular complexity index is 2790. The highest BCUT2D eigenvalue weighted by Crippen LogP contribution is 2.39. The fourth-order valence-electron chi connectivity index (χ4n) is 9.71. The Morgan fingerprint density at radius 3 is 2.20 bits per heavy atom. The fraction of sp³-hybridized carbons (Fsp3) is 0.420. The lowest BCUT2D eigenvalue weighted by atomic mass is 9.78. The average molecular weight is 995 g/mol. The molecule has 4 aliphatic heterocycles. The number of imide groups is 2. The number of amides is 6. The number of anilines is 1. The third-order valence-corrected chi connectivity index (χ3v) is 14.9.